The summed E-state index contributed by atoms with van der Waals surface area (Å²) in [5, 5.41) is 2.80. The van der Waals surface area contributed by atoms with Crippen LogP contribution in [0.15, 0.2) is 83.8 Å². The highest BCUT2D eigenvalue weighted by atomic mass is 32.2. The Balaban J connectivity index is 1.46. The number of benzene rings is 3. The van der Waals surface area contributed by atoms with Gasteiger partial charge in [0.25, 0.3) is 10.0 Å². The Morgan fingerprint density at radius 1 is 0.909 bits per heavy atom. The Labute approximate surface area is 193 Å². The van der Waals surface area contributed by atoms with E-state index >= 15 is 0 Å². The first-order chi connectivity index (χ1) is 15.9. The number of nitrogens with zero attached hydrogens (tertiary/aromatic N) is 2. The van der Waals surface area contributed by atoms with Crippen LogP contribution in [0.2, 0.25) is 0 Å². The first kappa shape index (κ1) is 22.8. The van der Waals surface area contributed by atoms with Gasteiger partial charge in [-0.1, -0.05) is 30.3 Å². The zero-order chi connectivity index (χ0) is 23.3. The van der Waals surface area contributed by atoms with Crippen molar-refractivity contribution in [1.82, 2.24) is 5.32 Å². The minimum atomic E-state index is -4.06. The van der Waals surface area contributed by atoms with Crippen LogP contribution in [0.1, 0.15) is 18.4 Å². The lowest BCUT2D eigenvalue weighted by Gasteiger charge is -2.24. The van der Waals surface area contributed by atoms with E-state index in [9.17, 15) is 17.6 Å². The molecule has 3 aromatic rings. The van der Waals surface area contributed by atoms with Crippen molar-refractivity contribution in [3.63, 3.8) is 0 Å². The number of nitrogens with one attached hydrogen (secondary N) is 1. The second kappa shape index (κ2) is 10.0. The number of sulfonamides is 1. The molecule has 6 nitrogen and oxygen atoms in total. The molecule has 1 saturated heterocycles. The third-order valence-corrected chi connectivity index (χ3v) is 7.42. The van der Waals surface area contributed by atoms with E-state index in [0.29, 0.717) is 12.2 Å². The molecular weight excluding hydrogens is 441 g/mol. The molecule has 0 aliphatic carbocycles. The van der Waals surface area contributed by atoms with E-state index in [0.717, 1.165) is 35.1 Å². The molecule has 0 spiro atoms. The van der Waals surface area contributed by atoms with Crippen LogP contribution >= 0.6 is 0 Å². The normalized spacial score (nSPS) is 13.7. The molecule has 0 saturated carbocycles. The van der Waals surface area contributed by atoms with Gasteiger partial charge in [0.15, 0.2) is 0 Å². The first-order valence-electron chi connectivity index (χ1n) is 10.9. The van der Waals surface area contributed by atoms with Gasteiger partial charge in [0, 0.05) is 25.3 Å². The minimum absolute atomic E-state index is 0.0851. The van der Waals surface area contributed by atoms with Gasteiger partial charge < -0.3 is 10.2 Å². The lowest BCUT2D eigenvalue weighted by molar-refractivity contribution is -0.119. The average molecular weight is 468 g/mol. The van der Waals surface area contributed by atoms with Crippen LogP contribution in [0.4, 0.5) is 15.8 Å². The van der Waals surface area contributed by atoms with Gasteiger partial charge in [-0.3, -0.25) is 9.10 Å². The third kappa shape index (κ3) is 5.51. The van der Waals surface area contributed by atoms with Crippen molar-refractivity contribution in [1.29, 1.82) is 0 Å². The summed E-state index contributed by atoms with van der Waals surface area (Å²) in [5.41, 5.74) is 2.45. The molecule has 0 unspecified atom stereocenters. The molecule has 1 aliphatic rings. The highest BCUT2D eigenvalue weighted by Crippen LogP contribution is 2.24. The van der Waals surface area contributed by atoms with E-state index in [4.69, 9.17) is 0 Å². The smallest absolute Gasteiger partial charge is 0.264 e. The maximum Gasteiger partial charge on any atom is 0.264 e. The number of para-hydroxylation sites is 1. The number of rotatable bonds is 8. The summed E-state index contributed by atoms with van der Waals surface area (Å²) in [7, 11) is -4.06. The van der Waals surface area contributed by atoms with Crippen molar-refractivity contribution in [3.05, 3.63) is 90.2 Å². The summed E-state index contributed by atoms with van der Waals surface area (Å²) in [6, 6.07) is 21.0. The van der Waals surface area contributed by atoms with Crippen molar-refractivity contribution < 1.29 is 17.6 Å². The van der Waals surface area contributed by atoms with E-state index in [1.807, 2.05) is 24.3 Å². The van der Waals surface area contributed by atoms with Crippen LogP contribution in [-0.2, 0) is 21.4 Å². The SMILES string of the molecule is O=C(CN(c1ccccc1)S(=O)(=O)c1ccc(F)cc1)NCc1ccc(N2CCCC2)cc1. The molecule has 3 aromatic carbocycles. The van der Waals surface area contributed by atoms with Crippen LogP contribution in [0, 0.1) is 5.82 Å². The lowest BCUT2D eigenvalue weighted by atomic mass is 10.2. The quantitative estimate of drug-likeness (QED) is 0.545. The highest BCUT2D eigenvalue weighted by molar-refractivity contribution is 7.92. The molecule has 0 bridgehead atoms. The van der Waals surface area contributed by atoms with Crippen molar-refractivity contribution >= 4 is 27.3 Å². The van der Waals surface area contributed by atoms with Crippen LogP contribution in [0.25, 0.3) is 0 Å². The molecule has 1 amide bonds. The number of amides is 1. The summed E-state index contributed by atoms with van der Waals surface area (Å²) >= 11 is 0. The maximum atomic E-state index is 13.3. The largest absolute Gasteiger partial charge is 0.372 e. The fourth-order valence-corrected chi connectivity index (χ4v) is 5.25. The van der Waals surface area contributed by atoms with Crippen molar-refractivity contribution in [2.45, 2.75) is 24.3 Å². The predicted octanol–water partition coefficient (Wildman–Crippen LogP) is 3.94. The molecule has 1 aliphatic heterocycles. The summed E-state index contributed by atoms with van der Waals surface area (Å²) < 4.78 is 40.8. The zero-order valence-corrected chi connectivity index (χ0v) is 19.0. The summed E-state index contributed by atoms with van der Waals surface area (Å²) in [6.07, 6.45) is 2.41. The highest BCUT2D eigenvalue weighted by Gasteiger charge is 2.27. The van der Waals surface area contributed by atoms with Crippen LogP contribution < -0.4 is 14.5 Å². The van der Waals surface area contributed by atoms with E-state index < -0.39 is 28.3 Å². The average Bonchev–Trinajstić information content (AvgIpc) is 3.37. The number of halogens is 1. The number of carbonyl (C=O) groups is 1. The molecule has 1 N–H and O–H groups in total. The van der Waals surface area contributed by atoms with E-state index in [1.165, 1.54) is 30.7 Å². The number of carbonyl (C=O) groups excluding carboxylic acids is 1. The van der Waals surface area contributed by atoms with Gasteiger partial charge in [-0.25, -0.2) is 12.8 Å². The van der Waals surface area contributed by atoms with Gasteiger partial charge in [-0.05, 0) is 66.9 Å². The Bertz CT molecular complexity index is 1180. The Kier molecular flexibility index (Phi) is 6.93. The zero-order valence-electron chi connectivity index (χ0n) is 18.2. The van der Waals surface area contributed by atoms with Gasteiger partial charge in [0.1, 0.15) is 12.4 Å². The number of hydrogen-bond acceptors (Lipinski definition) is 4. The molecule has 0 aromatic heterocycles. The second-order valence-corrected chi connectivity index (χ2v) is 9.80. The summed E-state index contributed by atoms with van der Waals surface area (Å²) in [6.45, 7) is 2.02. The van der Waals surface area contributed by atoms with Crippen molar-refractivity contribution in [2.24, 2.45) is 0 Å². The maximum absolute atomic E-state index is 13.3. The molecule has 172 valence electrons. The second-order valence-electron chi connectivity index (χ2n) is 7.94. The number of hydrogen-bond donors (Lipinski definition) is 1. The molecular formula is C25H26FN3O3S. The van der Waals surface area contributed by atoms with Crippen LogP contribution in [0.5, 0.6) is 0 Å². The molecule has 1 heterocycles. The van der Waals surface area contributed by atoms with Gasteiger partial charge in [-0.15, -0.1) is 0 Å². The Morgan fingerprint density at radius 2 is 1.55 bits per heavy atom. The monoisotopic (exact) mass is 467 g/mol. The first-order valence-corrected chi connectivity index (χ1v) is 12.3. The fourth-order valence-electron chi connectivity index (χ4n) is 3.83. The predicted molar refractivity (Wildman–Crippen MR) is 127 cm³/mol. The van der Waals surface area contributed by atoms with Crippen LogP contribution in [-0.4, -0.2) is 34.0 Å². The van der Waals surface area contributed by atoms with Gasteiger partial charge in [-0.2, -0.15) is 0 Å². The molecule has 33 heavy (non-hydrogen) atoms. The summed E-state index contributed by atoms with van der Waals surface area (Å²) in [4.78, 5) is 15.0. The molecule has 8 heteroatoms. The van der Waals surface area contributed by atoms with E-state index in [1.54, 1.807) is 30.3 Å². The van der Waals surface area contributed by atoms with Crippen LogP contribution in [0.3, 0.4) is 0 Å². The standard InChI is InChI=1S/C25H26FN3O3S/c26-21-10-14-24(15-11-21)33(31,32)29(23-6-2-1-3-7-23)19-25(30)27-18-20-8-12-22(13-9-20)28-16-4-5-17-28/h1-3,6-15H,4-5,16-19H2,(H,27,30). The lowest BCUT2D eigenvalue weighted by Crippen LogP contribution is -2.40. The van der Waals surface area contributed by atoms with Crippen molar-refractivity contribution in [3.8, 4) is 0 Å². The van der Waals surface area contributed by atoms with Gasteiger partial charge in [0.05, 0.1) is 10.6 Å². The van der Waals surface area contributed by atoms with E-state index in [2.05, 4.69) is 10.2 Å². The van der Waals surface area contributed by atoms with Crippen molar-refractivity contribution in [2.75, 3.05) is 28.8 Å². The molecule has 4 rings (SSSR count). The topological polar surface area (TPSA) is 69.7 Å². The Morgan fingerprint density at radius 3 is 2.18 bits per heavy atom. The Hall–Kier alpha value is -3.39. The number of anilines is 2. The van der Waals surface area contributed by atoms with Gasteiger partial charge >= 0.3 is 0 Å². The van der Waals surface area contributed by atoms with Gasteiger partial charge in [0.2, 0.25) is 5.91 Å². The molecule has 0 radical (unpaired) electrons. The summed E-state index contributed by atoms with van der Waals surface area (Å²) in [5.74, 6) is -0.970. The fraction of sp³-hybridized carbons (Fsp3) is 0.240. The minimum Gasteiger partial charge on any atom is -0.372 e. The molecule has 1 fully saturated rings. The van der Waals surface area contributed by atoms with E-state index in [-0.39, 0.29) is 4.90 Å². The third-order valence-electron chi connectivity index (χ3n) is 5.63. The molecule has 0 atom stereocenters.